The number of aliphatic hydroxyl groups excluding tert-OH is 1. The molecule has 0 atom stereocenters. The van der Waals surface area contributed by atoms with Crippen molar-refractivity contribution >= 4 is 29.5 Å². The van der Waals surface area contributed by atoms with Gasteiger partial charge in [0, 0.05) is 41.7 Å². The van der Waals surface area contributed by atoms with Crippen LogP contribution in [-0.4, -0.2) is 47.9 Å². The lowest BCUT2D eigenvalue weighted by Crippen LogP contribution is -2.26. The van der Waals surface area contributed by atoms with Crippen molar-refractivity contribution in [3.63, 3.8) is 0 Å². The first kappa shape index (κ1) is 23.2. The molecule has 1 aliphatic rings. The molecule has 0 radical (unpaired) electrons. The normalized spacial score (nSPS) is 12.6. The fraction of sp³-hybridized carbons (Fsp3) is 0.350. The van der Waals surface area contributed by atoms with Crippen molar-refractivity contribution < 1.29 is 18.7 Å². The molecule has 0 aliphatic carbocycles. The second kappa shape index (κ2) is 10.7. The molecule has 3 heterocycles. The Morgan fingerprint density at radius 3 is 2.61 bits per heavy atom. The van der Waals surface area contributed by atoms with Crippen LogP contribution in [-0.2, 0) is 24.4 Å². The predicted octanol–water partition coefficient (Wildman–Crippen LogP) is 3.77. The number of aromatic nitrogens is 4. The molecular formula is C20H22ClF2N5O2S. The van der Waals surface area contributed by atoms with Gasteiger partial charge in [-0.2, -0.15) is 10.2 Å². The number of carbonyl (C=O) groups excluding carboxylic acids is 1. The molecule has 166 valence electrons. The maximum atomic E-state index is 12.5. The van der Waals surface area contributed by atoms with E-state index >= 15 is 0 Å². The van der Waals surface area contributed by atoms with Gasteiger partial charge in [0.15, 0.2) is 0 Å². The zero-order chi connectivity index (χ0) is 22.4. The third-order valence-corrected chi connectivity index (χ3v) is 5.75. The topological polar surface area (TPSA) is 76.2 Å². The molecule has 0 saturated carbocycles. The van der Waals surface area contributed by atoms with Gasteiger partial charge < -0.3 is 10.0 Å². The number of aliphatic hydroxyl groups is 1. The fourth-order valence-corrected chi connectivity index (χ4v) is 3.95. The first-order valence-corrected chi connectivity index (χ1v) is 10.7. The lowest BCUT2D eigenvalue weighted by Gasteiger charge is -2.14. The number of fused-ring (bicyclic) bond motifs is 1. The van der Waals surface area contributed by atoms with Gasteiger partial charge in [-0.15, -0.1) is 0 Å². The van der Waals surface area contributed by atoms with Gasteiger partial charge in [-0.25, -0.2) is 12.9 Å². The van der Waals surface area contributed by atoms with Crippen LogP contribution in [0.25, 0.3) is 0 Å². The Morgan fingerprint density at radius 1 is 1.29 bits per heavy atom. The monoisotopic (exact) mass is 469 g/mol. The minimum absolute atomic E-state index is 0.0983. The van der Waals surface area contributed by atoms with Gasteiger partial charge in [0.25, 0.3) is 6.43 Å². The summed E-state index contributed by atoms with van der Waals surface area (Å²) < 4.78 is 27.9. The largest absolute Gasteiger partial charge is 0.396 e. The van der Waals surface area contributed by atoms with Crippen LogP contribution in [0.3, 0.4) is 0 Å². The van der Waals surface area contributed by atoms with Gasteiger partial charge in [0.2, 0.25) is 5.91 Å². The molecular weight excluding hydrogens is 448 g/mol. The molecule has 1 N–H and O–H groups in total. The van der Waals surface area contributed by atoms with Crippen molar-refractivity contribution in [2.45, 2.75) is 44.3 Å². The quantitative estimate of drug-likeness (QED) is 0.594. The summed E-state index contributed by atoms with van der Waals surface area (Å²) in [5.74, 6) is -0.0983. The first-order chi connectivity index (χ1) is 14.9. The SMILES string of the molecule is Cc1c(Sn2cc3c(n2)CN(C(=O)CCO)C3)cnn1CC(F)F.Clc1ccccc1. The van der Waals surface area contributed by atoms with E-state index in [2.05, 4.69) is 10.2 Å². The third-order valence-electron chi connectivity index (χ3n) is 4.53. The maximum Gasteiger partial charge on any atom is 0.257 e. The summed E-state index contributed by atoms with van der Waals surface area (Å²) in [6.07, 6.45) is 1.04. The second-order valence-electron chi connectivity index (χ2n) is 6.78. The molecule has 0 saturated heterocycles. The molecule has 0 fully saturated rings. The van der Waals surface area contributed by atoms with E-state index in [9.17, 15) is 13.6 Å². The molecule has 11 heteroatoms. The summed E-state index contributed by atoms with van der Waals surface area (Å²) in [6, 6.07) is 9.44. The lowest BCUT2D eigenvalue weighted by molar-refractivity contribution is -0.132. The predicted molar refractivity (Wildman–Crippen MR) is 114 cm³/mol. The van der Waals surface area contributed by atoms with Gasteiger partial charge in [-0.3, -0.25) is 9.48 Å². The van der Waals surface area contributed by atoms with Crippen LogP contribution >= 0.6 is 23.5 Å². The van der Waals surface area contributed by atoms with Gasteiger partial charge in [0.05, 0.1) is 35.6 Å². The smallest absolute Gasteiger partial charge is 0.257 e. The highest BCUT2D eigenvalue weighted by Crippen LogP contribution is 2.28. The minimum Gasteiger partial charge on any atom is -0.396 e. The molecule has 2 aromatic heterocycles. The van der Waals surface area contributed by atoms with Crippen molar-refractivity contribution in [1.29, 1.82) is 0 Å². The Labute approximate surface area is 187 Å². The summed E-state index contributed by atoms with van der Waals surface area (Å²) in [4.78, 5) is 14.2. The Kier molecular flexibility index (Phi) is 8.05. The molecule has 7 nitrogen and oxygen atoms in total. The van der Waals surface area contributed by atoms with Crippen LogP contribution in [0.4, 0.5) is 8.78 Å². The van der Waals surface area contributed by atoms with Crippen LogP contribution in [0, 0.1) is 6.92 Å². The van der Waals surface area contributed by atoms with E-state index in [4.69, 9.17) is 16.7 Å². The molecule has 1 amide bonds. The minimum atomic E-state index is -2.45. The summed E-state index contributed by atoms with van der Waals surface area (Å²) in [6.45, 7) is 2.04. The van der Waals surface area contributed by atoms with Crippen LogP contribution < -0.4 is 0 Å². The second-order valence-corrected chi connectivity index (χ2v) is 8.21. The molecule has 1 aromatic carbocycles. The molecule has 0 spiro atoms. The maximum absolute atomic E-state index is 12.5. The number of nitrogens with zero attached hydrogens (tertiary/aromatic N) is 5. The fourth-order valence-electron chi connectivity index (χ4n) is 2.95. The highest BCUT2D eigenvalue weighted by Gasteiger charge is 2.26. The summed E-state index contributed by atoms with van der Waals surface area (Å²) >= 11 is 6.84. The van der Waals surface area contributed by atoms with Crippen molar-refractivity contribution in [2.24, 2.45) is 0 Å². The average Bonchev–Trinajstić information content (AvgIpc) is 3.38. The van der Waals surface area contributed by atoms with Crippen LogP contribution in [0.15, 0.2) is 47.6 Å². The number of alkyl halides is 2. The Hall–Kier alpha value is -2.43. The van der Waals surface area contributed by atoms with Crippen LogP contribution in [0.5, 0.6) is 0 Å². The van der Waals surface area contributed by atoms with Crippen LogP contribution in [0.2, 0.25) is 5.02 Å². The Morgan fingerprint density at radius 2 is 2.03 bits per heavy atom. The van der Waals surface area contributed by atoms with Crippen LogP contribution in [0.1, 0.15) is 23.4 Å². The Balaban J connectivity index is 0.000000330. The molecule has 4 rings (SSSR count). The van der Waals surface area contributed by atoms with Crippen molar-refractivity contribution in [3.05, 3.63) is 64.7 Å². The van der Waals surface area contributed by atoms with Gasteiger partial charge >= 0.3 is 0 Å². The molecule has 1 aliphatic heterocycles. The number of carbonyl (C=O) groups is 1. The van der Waals surface area contributed by atoms with E-state index in [1.54, 1.807) is 22.1 Å². The zero-order valence-electron chi connectivity index (χ0n) is 16.8. The third kappa shape index (κ3) is 6.28. The number of amides is 1. The standard InChI is InChI=1S/C14H17F2N5O2S.C6H5Cl/c1-9-12(4-17-20(9)8-13(15)16)24-21-6-10-5-19(7-11(10)18-21)14(23)2-3-22;7-6-4-2-1-3-5-6/h4,6,13,22H,2-3,5,7-8H2,1H3;1-5H. The molecule has 3 aromatic rings. The lowest BCUT2D eigenvalue weighted by atomic mass is 10.3. The van der Waals surface area contributed by atoms with Crippen molar-refractivity contribution in [2.75, 3.05) is 6.61 Å². The number of hydrogen-bond donors (Lipinski definition) is 1. The summed E-state index contributed by atoms with van der Waals surface area (Å²) in [7, 11) is 0. The highest BCUT2D eigenvalue weighted by molar-refractivity contribution is 7.97. The van der Waals surface area contributed by atoms with Gasteiger partial charge in [0.1, 0.15) is 6.54 Å². The number of hydrogen-bond acceptors (Lipinski definition) is 5. The van der Waals surface area contributed by atoms with Crippen molar-refractivity contribution in [1.82, 2.24) is 23.9 Å². The summed E-state index contributed by atoms with van der Waals surface area (Å²) in [5, 5.41) is 18.0. The van der Waals surface area contributed by atoms with E-state index in [0.29, 0.717) is 18.8 Å². The number of rotatable bonds is 6. The first-order valence-electron chi connectivity index (χ1n) is 9.53. The molecule has 0 unspecified atom stereocenters. The molecule has 31 heavy (non-hydrogen) atoms. The summed E-state index contributed by atoms with van der Waals surface area (Å²) in [5.41, 5.74) is 2.42. The van der Waals surface area contributed by atoms with Gasteiger partial charge in [-0.1, -0.05) is 29.8 Å². The van der Waals surface area contributed by atoms with E-state index in [1.165, 1.54) is 16.6 Å². The van der Waals surface area contributed by atoms with E-state index in [1.807, 2.05) is 36.5 Å². The number of halogens is 3. The van der Waals surface area contributed by atoms with Crippen molar-refractivity contribution in [3.8, 4) is 0 Å². The van der Waals surface area contributed by atoms with E-state index in [-0.39, 0.29) is 18.9 Å². The number of benzene rings is 1. The highest BCUT2D eigenvalue weighted by atomic mass is 35.5. The van der Waals surface area contributed by atoms with E-state index in [0.717, 1.165) is 21.2 Å². The zero-order valence-corrected chi connectivity index (χ0v) is 18.4. The molecule has 0 bridgehead atoms. The van der Waals surface area contributed by atoms with Gasteiger partial charge in [-0.05, 0) is 19.1 Å². The van der Waals surface area contributed by atoms with E-state index < -0.39 is 13.0 Å². The average molecular weight is 470 g/mol. The Bertz CT molecular complexity index is 989.